The number of aryl methyl sites for hydroxylation is 2. The predicted octanol–water partition coefficient (Wildman–Crippen LogP) is 9.70. The van der Waals surface area contributed by atoms with Gasteiger partial charge in [-0.15, -0.1) is 0 Å². The maximum Gasteiger partial charge on any atom is 0.340 e. The molecule has 1 aliphatic heterocycles. The van der Waals surface area contributed by atoms with Crippen LogP contribution in [0.1, 0.15) is 140 Å². The number of benzene rings is 3. The maximum absolute atomic E-state index is 13.8. The molecule has 5 aliphatic rings. The van der Waals surface area contributed by atoms with Gasteiger partial charge in [-0.3, -0.25) is 9.59 Å². The van der Waals surface area contributed by atoms with E-state index in [1.807, 2.05) is 50.2 Å². The Hall–Kier alpha value is -3.93. The first-order valence-corrected chi connectivity index (χ1v) is 19.1. The number of carbonyl (C=O) groups excluding carboxylic acids is 3. The Balaban J connectivity index is 1.22. The van der Waals surface area contributed by atoms with Crippen LogP contribution in [-0.2, 0) is 19.9 Å². The van der Waals surface area contributed by atoms with E-state index in [0.29, 0.717) is 40.7 Å². The number of hydrogen-bond acceptors (Lipinski definition) is 6. The van der Waals surface area contributed by atoms with Crippen LogP contribution >= 0.6 is 0 Å². The largest absolute Gasteiger partial charge is 0.441 e. The predicted molar refractivity (Wildman–Crippen MR) is 191 cm³/mol. The van der Waals surface area contributed by atoms with Crippen LogP contribution in [0.2, 0.25) is 0 Å². The van der Waals surface area contributed by atoms with E-state index in [0.717, 1.165) is 64.6 Å². The molecule has 1 heterocycles. The minimum Gasteiger partial charge on any atom is -0.441 e. The molecule has 50 heavy (non-hydrogen) atoms. The number of esters is 3. The van der Waals surface area contributed by atoms with Crippen LogP contribution in [0.5, 0.6) is 11.5 Å². The van der Waals surface area contributed by atoms with Crippen LogP contribution < -0.4 is 9.47 Å². The number of hydrogen-bond donors (Lipinski definition) is 0. The second-order valence-electron chi connectivity index (χ2n) is 16.5. The summed E-state index contributed by atoms with van der Waals surface area (Å²) >= 11 is 0. The molecule has 6 heteroatoms. The lowest BCUT2D eigenvalue weighted by molar-refractivity contribution is -0.137. The van der Waals surface area contributed by atoms with Crippen LogP contribution in [-0.4, -0.2) is 17.9 Å². The summed E-state index contributed by atoms with van der Waals surface area (Å²) in [7, 11) is 0. The van der Waals surface area contributed by atoms with E-state index in [9.17, 15) is 14.4 Å². The first-order chi connectivity index (χ1) is 24.0. The quantitative estimate of drug-likeness (QED) is 0.175. The normalized spacial score (nSPS) is 29.2. The van der Waals surface area contributed by atoms with Crippen LogP contribution in [0.15, 0.2) is 48.5 Å². The second kappa shape index (κ2) is 12.4. The van der Waals surface area contributed by atoms with Gasteiger partial charge in [0.25, 0.3) is 0 Å². The topological polar surface area (TPSA) is 78.9 Å². The van der Waals surface area contributed by atoms with Crippen molar-refractivity contribution < 1.29 is 28.6 Å². The highest BCUT2D eigenvalue weighted by atomic mass is 16.6. The molecule has 0 spiro atoms. The lowest BCUT2D eigenvalue weighted by Gasteiger charge is -2.34. The van der Waals surface area contributed by atoms with E-state index in [2.05, 4.69) is 39.8 Å². The van der Waals surface area contributed by atoms with E-state index in [1.165, 1.54) is 25.7 Å². The fourth-order valence-electron chi connectivity index (χ4n) is 10.0. The van der Waals surface area contributed by atoms with Gasteiger partial charge in [-0.05, 0) is 128 Å². The third-order valence-corrected chi connectivity index (χ3v) is 12.8. The van der Waals surface area contributed by atoms with Crippen molar-refractivity contribution in [2.75, 3.05) is 0 Å². The highest BCUT2D eigenvalue weighted by Crippen LogP contribution is 2.58. The average molecular weight is 675 g/mol. The third-order valence-electron chi connectivity index (χ3n) is 12.8. The van der Waals surface area contributed by atoms with Crippen LogP contribution in [0.4, 0.5) is 0 Å². The Labute approximate surface area is 296 Å². The molecule has 0 amide bonds. The Kier molecular flexibility index (Phi) is 8.23. The zero-order valence-electron chi connectivity index (χ0n) is 30.3. The summed E-state index contributed by atoms with van der Waals surface area (Å²) in [5.74, 6) is 2.51. The monoisotopic (exact) mass is 674 g/mol. The molecule has 6 nitrogen and oxygen atoms in total. The van der Waals surface area contributed by atoms with Crippen molar-refractivity contribution in [3.63, 3.8) is 0 Å². The smallest absolute Gasteiger partial charge is 0.340 e. The Bertz CT molecular complexity index is 1760. The molecule has 3 aromatic carbocycles. The van der Waals surface area contributed by atoms with Gasteiger partial charge in [0.1, 0.15) is 11.5 Å². The zero-order chi connectivity index (χ0) is 35.1. The van der Waals surface area contributed by atoms with Crippen molar-refractivity contribution in [2.24, 2.45) is 35.5 Å². The summed E-state index contributed by atoms with van der Waals surface area (Å²) in [6.45, 7) is 12.4. The van der Waals surface area contributed by atoms with Gasteiger partial charge < -0.3 is 14.2 Å². The Morgan fingerprint density at radius 1 is 0.660 bits per heavy atom. The Morgan fingerprint density at radius 2 is 1.08 bits per heavy atom. The zero-order valence-corrected chi connectivity index (χ0v) is 30.3. The van der Waals surface area contributed by atoms with Crippen LogP contribution in [0.25, 0.3) is 0 Å². The summed E-state index contributed by atoms with van der Waals surface area (Å²) < 4.78 is 19.1. The molecule has 262 valence electrons. The van der Waals surface area contributed by atoms with Gasteiger partial charge in [-0.2, -0.15) is 0 Å². The standard InChI is InChI=1S/C44H50O6/c1-23(2)32-21-35(25(5)19-37(32)48-42(46)39-27-13-7-8-14-28(27)39)44(34-18-12-11-17-31(34)41(45)50-44)36-22-33(24(3)4)38(20-26(36)6)49-43(47)40-29-15-9-10-16-30(29)40/h11-12,17-24,27-30,39-40H,7-10,13-16H2,1-6H3. The number of ether oxygens (including phenoxy) is 3. The first-order valence-electron chi connectivity index (χ1n) is 19.1. The van der Waals surface area contributed by atoms with E-state index in [-0.39, 0.29) is 41.6 Å². The highest BCUT2D eigenvalue weighted by Gasteiger charge is 2.57. The number of rotatable bonds is 8. The van der Waals surface area contributed by atoms with Crippen LogP contribution in [0.3, 0.4) is 0 Å². The molecule has 0 radical (unpaired) electrons. The average Bonchev–Trinajstić information content (AvgIpc) is 3.98. The highest BCUT2D eigenvalue weighted by molar-refractivity contribution is 5.96. The lowest BCUT2D eigenvalue weighted by Crippen LogP contribution is -2.32. The van der Waals surface area contributed by atoms with Crippen molar-refractivity contribution in [1.82, 2.24) is 0 Å². The van der Waals surface area contributed by atoms with Crippen molar-refractivity contribution >= 4 is 17.9 Å². The van der Waals surface area contributed by atoms with E-state index in [1.54, 1.807) is 0 Å². The first kappa shape index (κ1) is 33.2. The Morgan fingerprint density at radius 3 is 1.50 bits per heavy atom. The molecule has 0 saturated heterocycles. The number of carbonyl (C=O) groups is 3. The molecule has 4 fully saturated rings. The van der Waals surface area contributed by atoms with Gasteiger partial charge in [-0.1, -0.05) is 71.6 Å². The van der Waals surface area contributed by atoms with Gasteiger partial charge >= 0.3 is 17.9 Å². The molecule has 0 N–H and O–H groups in total. The fourth-order valence-corrected chi connectivity index (χ4v) is 10.0. The maximum atomic E-state index is 13.8. The molecule has 4 unspecified atom stereocenters. The van der Waals surface area contributed by atoms with Gasteiger partial charge in [0.05, 0.1) is 17.4 Å². The van der Waals surface area contributed by atoms with E-state index >= 15 is 0 Å². The van der Waals surface area contributed by atoms with Crippen LogP contribution in [0, 0.1) is 49.4 Å². The summed E-state index contributed by atoms with van der Waals surface area (Å²) in [6, 6.07) is 15.7. The minimum absolute atomic E-state index is 0.000171. The molecule has 4 saturated carbocycles. The molecular weight excluding hydrogens is 624 g/mol. The van der Waals surface area contributed by atoms with Gasteiger partial charge in [0.2, 0.25) is 0 Å². The van der Waals surface area contributed by atoms with Gasteiger partial charge in [0, 0.05) is 16.7 Å². The molecule has 4 aliphatic carbocycles. The lowest BCUT2D eigenvalue weighted by atomic mass is 9.74. The number of fused-ring (bicyclic) bond motifs is 3. The van der Waals surface area contributed by atoms with Crippen molar-refractivity contribution in [3.8, 4) is 11.5 Å². The van der Waals surface area contributed by atoms with Crippen molar-refractivity contribution in [1.29, 1.82) is 0 Å². The second-order valence-corrected chi connectivity index (χ2v) is 16.5. The molecule has 0 aromatic heterocycles. The van der Waals surface area contributed by atoms with Crippen molar-refractivity contribution in [2.45, 2.75) is 110 Å². The SMILES string of the molecule is Cc1cc(OC(=O)C2C3CCCCC32)c(C(C)C)cc1C1(c2cc(C(C)C)c(OC(=O)C3C4CCCCC43)cc2C)OC(=O)c2ccccc21. The molecule has 3 aromatic rings. The van der Waals surface area contributed by atoms with Gasteiger partial charge in [-0.25, -0.2) is 4.79 Å². The van der Waals surface area contributed by atoms with E-state index in [4.69, 9.17) is 14.2 Å². The number of cyclic esters (lactones) is 1. The summed E-state index contributed by atoms with van der Waals surface area (Å²) in [4.78, 5) is 40.8. The molecule has 4 atom stereocenters. The summed E-state index contributed by atoms with van der Waals surface area (Å²) in [5, 5.41) is 0. The minimum atomic E-state index is -1.25. The fraction of sp³-hybridized carbons (Fsp3) is 0.523. The molecular formula is C44H50O6. The molecule has 8 rings (SSSR count). The third kappa shape index (κ3) is 5.31. The van der Waals surface area contributed by atoms with Gasteiger partial charge in [0.15, 0.2) is 5.60 Å². The molecule has 0 bridgehead atoms. The summed E-state index contributed by atoms with van der Waals surface area (Å²) in [5.41, 5.74) is 5.27. The van der Waals surface area contributed by atoms with E-state index < -0.39 is 5.60 Å². The van der Waals surface area contributed by atoms with Crippen molar-refractivity contribution in [3.05, 3.63) is 93.0 Å². The summed E-state index contributed by atoms with van der Waals surface area (Å²) in [6.07, 6.45) is 9.24.